The first-order valence-electron chi connectivity index (χ1n) is 8.14. The molecule has 1 aromatic carbocycles. The summed E-state index contributed by atoms with van der Waals surface area (Å²) in [6.45, 7) is 8.12. The highest BCUT2D eigenvalue weighted by atomic mass is 16.5. The van der Waals surface area contributed by atoms with Gasteiger partial charge < -0.3 is 9.47 Å². The first kappa shape index (κ1) is 18.9. The van der Waals surface area contributed by atoms with Crippen LogP contribution in [0.25, 0.3) is 0 Å². The van der Waals surface area contributed by atoms with Crippen LogP contribution in [-0.2, 0) is 9.47 Å². The monoisotopic (exact) mass is 318 g/mol. The van der Waals surface area contributed by atoms with Crippen molar-refractivity contribution in [1.82, 2.24) is 0 Å². The fourth-order valence-corrected chi connectivity index (χ4v) is 2.05. The van der Waals surface area contributed by atoms with Crippen molar-refractivity contribution in [2.75, 3.05) is 13.2 Å². The van der Waals surface area contributed by atoms with Crippen LogP contribution in [0.4, 0.5) is 0 Å². The topological polar surface area (TPSA) is 52.6 Å². The van der Waals surface area contributed by atoms with Gasteiger partial charge in [0.2, 0.25) is 0 Å². The van der Waals surface area contributed by atoms with E-state index in [2.05, 4.69) is 13.5 Å². The Balaban J connectivity index is 2.56. The molecule has 0 aromatic heterocycles. The summed E-state index contributed by atoms with van der Waals surface area (Å²) in [5.41, 5.74) is 1.21. The molecule has 0 atom stereocenters. The van der Waals surface area contributed by atoms with Crippen LogP contribution in [0.15, 0.2) is 36.4 Å². The predicted molar refractivity (Wildman–Crippen MR) is 90.6 cm³/mol. The van der Waals surface area contributed by atoms with Crippen LogP contribution in [0.1, 0.15) is 66.7 Å². The molecule has 0 aliphatic carbocycles. The number of benzene rings is 1. The van der Waals surface area contributed by atoms with Crippen LogP contribution in [0, 0.1) is 0 Å². The van der Waals surface area contributed by atoms with Gasteiger partial charge in [-0.25, -0.2) is 9.59 Å². The molecule has 0 aliphatic rings. The SMILES string of the molecule is C=C(C)COC(=O)c1ccccc1C(=O)OCCCCCCC. The van der Waals surface area contributed by atoms with Crippen LogP contribution < -0.4 is 0 Å². The number of carbonyl (C=O) groups excluding carboxylic acids is 2. The van der Waals surface area contributed by atoms with E-state index in [0.29, 0.717) is 6.61 Å². The fourth-order valence-electron chi connectivity index (χ4n) is 2.05. The molecule has 0 N–H and O–H groups in total. The van der Waals surface area contributed by atoms with Gasteiger partial charge in [0.15, 0.2) is 0 Å². The van der Waals surface area contributed by atoms with Gasteiger partial charge >= 0.3 is 11.9 Å². The molecular weight excluding hydrogens is 292 g/mol. The molecule has 0 fully saturated rings. The summed E-state index contributed by atoms with van der Waals surface area (Å²) < 4.78 is 10.4. The van der Waals surface area contributed by atoms with E-state index in [1.165, 1.54) is 12.8 Å². The zero-order valence-electron chi connectivity index (χ0n) is 14.1. The molecule has 0 amide bonds. The molecule has 1 rings (SSSR count). The minimum absolute atomic E-state index is 0.139. The maximum Gasteiger partial charge on any atom is 0.339 e. The van der Waals surface area contributed by atoms with E-state index in [9.17, 15) is 9.59 Å². The lowest BCUT2D eigenvalue weighted by Crippen LogP contribution is -2.15. The van der Waals surface area contributed by atoms with Gasteiger partial charge in [0, 0.05) is 0 Å². The van der Waals surface area contributed by atoms with Crippen LogP contribution in [0.3, 0.4) is 0 Å². The highest BCUT2D eigenvalue weighted by Gasteiger charge is 2.18. The zero-order chi connectivity index (χ0) is 17.1. The summed E-state index contributed by atoms with van der Waals surface area (Å²) in [6.07, 6.45) is 5.42. The van der Waals surface area contributed by atoms with Crippen molar-refractivity contribution in [3.05, 3.63) is 47.5 Å². The Morgan fingerprint density at radius 2 is 1.52 bits per heavy atom. The van der Waals surface area contributed by atoms with Gasteiger partial charge in [-0.1, -0.05) is 51.3 Å². The van der Waals surface area contributed by atoms with E-state index in [1.807, 2.05) is 0 Å². The molecule has 0 heterocycles. The van der Waals surface area contributed by atoms with Gasteiger partial charge in [0.1, 0.15) is 6.61 Å². The third-order valence-electron chi connectivity index (χ3n) is 3.30. The van der Waals surface area contributed by atoms with E-state index in [-0.39, 0.29) is 17.7 Å². The van der Waals surface area contributed by atoms with Crippen molar-refractivity contribution in [1.29, 1.82) is 0 Å². The fraction of sp³-hybridized carbons (Fsp3) is 0.474. The maximum absolute atomic E-state index is 12.1. The first-order valence-corrected chi connectivity index (χ1v) is 8.14. The molecule has 0 aliphatic heterocycles. The van der Waals surface area contributed by atoms with Crippen molar-refractivity contribution >= 4 is 11.9 Å². The summed E-state index contributed by atoms with van der Waals surface area (Å²) >= 11 is 0. The Bertz CT molecular complexity index is 534. The Hall–Kier alpha value is -2.10. The predicted octanol–water partition coefficient (Wildman–Crippen LogP) is 4.55. The zero-order valence-corrected chi connectivity index (χ0v) is 14.1. The lowest BCUT2D eigenvalue weighted by atomic mass is 10.1. The Kier molecular flexibility index (Phi) is 8.73. The number of carbonyl (C=O) groups is 2. The van der Waals surface area contributed by atoms with Gasteiger partial charge in [-0.3, -0.25) is 0 Å². The second-order valence-electron chi connectivity index (χ2n) is 5.63. The molecule has 0 bridgehead atoms. The van der Waals surface area contributed by atoms with Crippen LogP contribution >= 0.6 is 0 Å². The standard InChI is InChI=1S/C19H26O4/c1-4-5-6-7-10-13-22-18(20)16-11-8-9-12-17(16)19(21)23-14-15(2)3/h8-9,11-12H,2,4-7,10,13-14H2,1,3H3. The van der Waals surface area contributed by atoms with Gasteiger partial charge in [-0.2, -0.15) is 0 Å². The number of hydrogen-bond donors (Lipinski definition) is 0. The minimum atomic E-state index is -0.538. The highest BCUT2D eigenvalue weighted by molar-refractivity contribution is 6.03. The summed E-state index contributed by atoms with van der Waals surface area (Å²) in [6, 6.07) is 6.54. The van der Waals surface area contributed by atoms with Crippen LogP contribution in [0.2, 0.25) is 0 Å². The van der Waals surface area contributed by atoms with E-state index < -0.39 is 11.9 Å². The quantitative estimate of drug-likeness (QED) is 0.361. The summed E-state index contributed by atoms with van der Waals surface area (Å²) in [7, 11) is 0. The number of ether oxygens (including phenoxy) is 2. The minimum Gasteiger partial charge on any atom is -0.462 e. The van der Waals surface area contributed by atoms with E-state index in [0.717, 1.165) is 24.8 Å². The van der Waals surface area contributed by atoms with Gasteiger partial charge in [-0.05, 0) is 31.1 Å². The molecule has 4 nitrogen and oxygen atoms in total. The molecule has 126 valence electrons. The number of hydrogen-bond acceptors (Lipinski definition) is 4. The Morgan fingerprint density at radius 1 is 0.957 bits per heavy atom. The number of rotatable bonds is 10. The molecule has 0 spiro atoms. The molecule has 0 saturated heterocycles. The van der Waals surface area contributed by atoms with Crippen molar-refractivity contribution in [3.63, 3.8) is 0 Å². The van der Waals surface area contributed by atoms with Crippen molar-refractivity contribution in [3.8, 4) is 0 Å². The van der Waals surface area contributed by atoms with Gasteiger partial charge in [0.05, 0.1) is 17.7 Å². The Labute approximate surface area is 138 Å². The molecule has 0 saturated carbocycles. The number of unbranched alkanes of at least 4 members (excludes halogenated alkanes) is 4. The third kappa shape index (κ3) is 7.13. The average molecular weight is 318 g/mol. The normalized spacial score (nSPS) is 10.2. The Morgan fingerprint density at radius 3 is 2.09 bits per heavy atom. The van der Waals surface area contributed by atoms with Crippen molar-refractivity contribution < 1.29 is 19.1 Å². The van der Waals surface area contributed by atoms with E-state index >= 15 is 0 Å². The molecule has 0 unspecified atom stereocenters. The molecular formula is C19H26O4. The largest absolute Gasteiger partial charge is 0.462 e. The van der Waals surface area contributed by atoms with Crippen LogP contribution in [0.5, 0.6) is 0 Å². The first-order chi connectivity index (χ1) is 11.1. The van der Waals surface area contributed by atoms with Crippen molar-refractivity contribution in [2.24, 2.45) is 0 Å². The molecule has 4 heteroatoms. The van der Waals surface area contributed by atoms with E-state index in [1.54, 1.807) is 31.2 Å². The lowest BCUT2D eigenvalue weighted by molar-refractivity contribution is 0.0467. The average Bonchev–Trinajstić information content (AvgIpc) is 2.55. The highest BCUT2D eigenvalue weighted by Crippen LogP contribution is 2.13. The number of esters is 2. The molecule has 0 radical (unpaired) electrons. The second kappa shape index (κ2) is 10.6. The summed E-state index contributed by atoms with van der Waals surface area (Å²) in [5.74, 6) is -1.02. The smallest absolute Gasteiger partial charge is 0.339 e. The second-order valence-corrected chi connectivity index (χ2v) is 5.63. The molecule has 1 aromatic rings. The maximum atomic E-state index is 12.1. The van der Waals surface area contributed by atoms with E-state index in [4.69, 9.17) is 9.47 Å². The lowest BCUT2D eigenvalue weighted by Gasteiger charge is -2.09. The van der Waals surface area contributed by atoms with Crippen molar-refractivity contribution in [2.45, 2.75) is 46.0 Å². The van der Waals surface area contributed by atoms with Gasteiger partial charge in [0.25, 0.3) is 0 Å². The third-order valence-corrected chi connectivity index (χ3v) is 3.30. The van der Waals surface area contributed by atoms with Gasteiger partial charge in [-0.15, -0.1) is 0 Å². The van der Waals surface area contributed by atoms with Crippen LogP contribution in [-0.4, -0.2) is 25.2 Å². The molecule has 23 heavy (non-hydrogen) atoms. The summed E-state index contributed by atoms with van der Waals surface area (Å²) in [5, 5.41) is 0. The summed E-state index contributed by atoms with van der Waals surface area (Å²) in [4.78, 5) is 24.2.